The Bertz CT molecular complexity index is 1130. The van der Waals surface area contributed by atoms with Crippen LogP contribution in [0.5, 0.6) is 0 Å². The highest BCUT2D eigenvalue weighted by Crippen LogP contribution is 2.37. The fourth-order valence-electron chi connectivity index (χ4n) is 6.30. The average molecular weight is 647 g/mol. The van der Waals surface area contributed by atoms with Gasteiger partial charge in [-0.2, -0.15) is 0 Å². The molecule has 1 amide bonds. The van der Waals surface area contributed by atoms with Crippen molar-refractivity contribution in [1.29, 1.82) is 0 Å². The van der Waals surface area contributed by atoms with E-state index >= 15 is 0 Å². The highest BCUT2D eigenvalue weighted by atomic mass is 16.6. The monoisotopic (exact) mass is 646 g/mol. The summed E-state index contributed by atoms with van der Waals surface area (Å²) < 4.78 is 17.6. The second-order valence-electron chi connectivity index (χ2n) is 14.0. The fourth-order valence-corrected chi connectivity index (χ4v) is 6.30. The van der Waals surface area contributed by atoms with Crippen molar-refractivity contribution in [2.45, 2.75) is 128 Å². The molecule has 10 nitrogen and oxygen atoms in total. The molecule has 3 aliphatic rings. The van der Waals surface area contributed by atoms with Crippen LogP contribution >= 0.6 is 0 Å². The number of hydrogen-bond acceptors (Lipinski definition) is 9. The Kier molecular flexibility index (Phi) is 14.1. The number of epoxide rings is 1. The maximum atomic E-state index is 13.2. The number of likely N-dealkylation sites (tertiary alicyclic amines) is 1. The van der Waals surface area contributed by atoms with Crippen molar-refractivity contribution in [3.8, 4) is 0 Å². The van der Waals surface area contributed by atoms with Crippen LogP contribution in [0.2, 0.25) is 0 Å². The van der Waals surface area contributed by atoms with E-state index in [0.29, 0.717) is 24.8 Å². The Labute approximate surface area is 275 Å². The molecular formula is C36H58N2O8. The third-order valence-corrected chi connectivity index (χ3v) is 9.72. The Morgan fingerprint density at radius 3 is 2.61 bits per heavy atom. The molecule has 9 unspecified atom stereocenters. The van der Waals surface area contributed by atoms with E-state index < -0.39 is 42.1 Å². The number of rotatable bonds is 10. The van der Waals surface area contributed by atoms with E-state index in [1.54, 1.807) is 43.2 Å². The topological polar surface area (TPSA) is 132 Å². The van der Waals surface area contributed by atoms with E-state index in [2.05, 4.69) is 18.5 Å². The standard InChI is InChI=1S/C36H58N2O8/c1-9-29(40)26(5)34-31(44-34)22-36(6,43)18-10-11-24(3)33-25(4)13-15-30(23(2)12-14-28(39)21-32(41)46-33)45-35(42)38(8)27-16-19-37(7)20-17-27/h10-11,13,15,18,25-31,33-34,39-40,43H,2,9,12,14,16-17,19-22H2,1,3-8H3/b15-13+,18-10+,24-11+. The van der Waals surface area contributed by atoms with Gasteiger partial charge in [-0.15, -0.1) is 0 Å². The molecule has 3 N–H and O–H groups in total. The van der Waals surface area contributed by atoms with Crippen LogP contribution in [0.1, 0.15) is 79.6 Å². The lowest BCUT2D eigenvalue weighted by molar-refractivity contribution is -0.151. The largest absolute Gasteiger partial charge is 0.457 e. The van der Waals surface area contributed by atoms with Crippen molar-refractivity contribution < 1.29 is 39.1 Å². The second-order valence-corrected chi connectivity index (χ2v) is 14.0. The van der Waals surface area contributed by atoms with Gasteiger partial charge in [0.15, 0.2) is 0 Å². The van der Waals surface area contributed by atoms with Gasteiger partial charge in [0.1, 0.15) is 12.2 Å². The normalized spacial score (nSPS) is 32.4. The Hall–Kier alpha value is -2.50. The van der Waals surface area contributed by atoms with Crippen LogP contribution in [-0.4, -0.2) is 113 Å². The first-order valence-electron chi connectivity index (χ1n) is 16.9. The van der Waals surface area contributed by atoms with Crippen LogP contribution in [0.3, 0.4) is 0 Å². The van der Waals surface area contributed by atoms with Crippen molar-refractivity contribution in [3.05, 3.63) is 48.1 Å². The summed E-state index contributed by atoms with van der Waals surface area (Å²) >= 11 is 0. The molecule has 2 fully saturated rings. The van der Waals surface area contributed by atoms with Crippen molar-refractivity contribution in [1.82, 2.24) is 9.80 Å². The molecule has 0 radical (unpaired) electrons. The van der Waals surface area contributed by atoms with E-state index in [1.165, 1.54) is 0 Å². The predicted octanol–water partition coefficient (Wildman–Crippen LogP) is 4.54. The zero-order valence-electron chi connectivity index (χ0n) is 28.9. The molecule has 10 heteroatoms. The van der Waals surface area contributed by atoms with Gasteiger partial charge in [-0.25, -0.2) is 4.79 Å². The number of piperidine rings is 1. The molecule has 0 aromatic rings. The minimum absolute atomic E-state index is 0.00105. The first-order chi connectivity index (χ1) is 21.6. The lowest BCUT2D eigenvalue weighted by atomic mass is 9.91. The summed E-state index contributed by atoms with van der Waals surface area (Å²) in [6, 6.07) is 0.106. The smallest absolute Gasteiger partial charge is 0.410 e. The zero-order valence-corrected chi connectivity index (χ0v) is 28.9. The Balaban J connectivity index is 1.71. The van der Waals surface area contributed by atoms with Gasteiger partial charge in [-0.05, 0) is 83.3 Å². The lowest BCUT2D eigenvalue weighted by Gasteiger charge is -2.35. The van der Waals surface area contributed by atoms with Crippen molar-refractivity contribution >= 4 is 12.1 Å². The van der Waals surface area contributed by atoms with Crippen molar-refractivity contribution in [3.63, 3.8) is 0 Å². The van der Waals surface area contributed by atoms with Gasteiger partial charge in [0.05, 0.1) is 36.4 Å². The summed E-state index contributed by atoms with van der Waals surface area (Å²) in [5.41, 5.74) is 0.263. The van der Waals surface area contributed by atoms with Gasteiger partial charge in [-0.3, -0.25) is 4.79 Å². The molecule has 2 saturated heterocycles. The van der Waals surface area contributed by atoms with Gasteiger partial charge in [-0.1, -0.05) is 51.7 Å². The molecule has 3 rings (SSSR count). The summed E-state index contributed by atoms with van der Waals surface area (Å²) in [6.45, 7) is 15.4. The molecule has 0 saturated carbocycles. The lowest BCUT2D eigenvalue weighted by Crippen LogP contribution is -2.45. The summed E-state index contributed by atoms with van der Waals surface area (Å²) in [5.74, 6) is -0.796. The number of allylic oxidation sites excluding steroid dienone is 2. The Morgan fingerprint density at radius 2 is 1.96 bits per heavy atom. The molecule has 0 aromatic heterocycles. The van der Waals surface area contributed by atoms with Crippen molar-refractivity contribution in [2.75, 3.05) is 27.2 Å². The van der Waals surface area contributed by atoms with Crippen LogP contribution in [-0.2, 0) is 19.0 Å². The van der Waals surface area contributed by atoms with Crippen LogP contribution in [0.25, 0.3) is 0 Å². The number of carbonyl (C=O) groups excluding carboxylic acids is 2. The highest BCUT2D eigenvalue weighted by molar-refractivity contribution is 5.70. The third kappa shape index (κ3) is 11.3. The Morgan fingerprint density at radius 1 is 1.28 bits per heavy atom. The minimum Gasteiger partial charge on any atom is -0.457 e. The summed E-state index contributed by atoms with van der Waals surface area (Å²) in [7, 11) is 3.85. The van der Waals surface area contributed by atoms with E-state index in [0.717, 1.165) is 31.5 Å². The molecule has 0 bridgehead atoms. The number of amides is 1. The number of aliphatic hydroxyl groups is 3. The molecule has 46 heavy (non-hydrogen) atoms. The van der Waals surface area contributed by atoms with E-state index in [-0.39, 0.29) is 42.9 Å². The van der Waals surface area contributed by atoms with Gasteiger partial charge in [0.25, 0.3) is 0 Å². The molecule has 9 atom stereocenters. The number of hydrogen-bond donors (Lipinski definition) is 3. The molecule has 0 aromatic carbocycles. The summed E-state index contributed by atoms with van der Waals surface area (Å²) in [6.07, 6.45) is 8.95. The van der Waals surface area contributed by atoms with Crippen LogP contribution in [0.4, 0.5) is 4.79 Å². The first-order valence-corrected chi connectivity index (χ1v) is 16.9. The number of aliphatic hydroxyl groups excluding tert-OH is 2. The maximum Gasteiger partial charge on any atom is 0.410 e. The van der Waals surface area contributed by atoms with Crippen LogP contribution < -0.4 is 0 Å². The summed E-state index contributed by atoms with van der Waals surface area (Å²) in [4.78, 5) is 29.9. The number of nitrogens with zero attached hydrogens (tertiary/aromatic N) is 2. The molecule has 3 aliphatic heterocycles. The van der Waals surface area contributed by atoms with Gasteiger partial charge in [0.2, 0.25) is 0 Å². The molecule has 0 spiro atoms. The SMILES string of the molecule is C=C1CCC(O)CC(=O)OC(/C(C)=C/C=C/C(C)(O)CC2OC2C(C)C(O)CC)C(C)/C=C/C1OC(=O)N(C)C1CCN(C)CC1. The zero-order chi connectivity index (χ0) is 34.2. The molecular weight excluding hydrogens is 588 g/mol. The maximum absolute atomic E-state index is 13.2. The van der Waals surface area contributed by atoms with Crippen LogP contribution in [0, 0.1) is 11.8 Å². The number of esters is 1. The minimum atomic E-state index is -1.13. The van der Waals surface area contributed by atoms with E-state index in [1.807, 2.05) is 33.8 Å². The molecule has 3 heterocycles. The highest BCUT2D eigenvalue weighted by Gasteiger charge is 2.47. The van der Waals surface area contributed by atoms with Crippen molar-refractivity contribution in [2.24, 2.45) is 11.8 Å². The predicted molar refractivity (Wildman–Crippen MR) is 178 cm³/mol. The van der Waals surface area contributed by atoms with E-state index in [9.17, 15) is 24.9 Å². The first kappa shape index (κ1) is 38.0. The third-order valence-electron chi connectivity index (χ3n) is 9.72. The fraction of sp³-hybridized carbons (Fsp3) is 0.722. The van der Waals surface area contributed by atoms with Crippen LogP contribution in [0.15, 0.2) is 48.1 Å². The average Bonchev–Trinajstić information content (AvgIpc) is 3.76. The second kappa shape index (κ2) is 17.1. The summed E-state index contributed by atoms with van der Waals surface area (Å²) in [5, 5.41) is 31.7. The van der Waals surface area contributed by atoms with Gasteiger partial charge < -0.3 is 39.3 Å². The molecule has 0 aliphatic carbocycles. The van der Waals surface area contributed by atoms with E-state index in [4.69, 9.17) is 14.2 Å². The molecule has 260 valence electrons. The quantitative estimate of drug-likeness (QED) is 0.135. The number of carbonyl (C=O) groups is 2. The number of ether oxygens (including phenoxy) is 3. The van der Waals surface area contributed by atoms with Gasteiger partial charge in [0, 0.05) is 31.3 Å². The van der Waals surface area contributed by atoms with Gasteiger partial charge >= 0.3 is 12.1 Å². The number of cyclic esters (lactones) is 1.